The van der Waals surface area contributed by atoms with Gasteiger partial charge in [0.15, 0.2) is 0 Å². The van der Waals surface area contributed by atoms with Gasteiger partial charge in [-0.05, 0) is 57.9 Å². The maximum absolute atomic E-state index is 6.30. The Labute approximate surface area is 124 Å². The zero-order chi connectivity index (χ0) is 14.2. The Hall–Kier alpha value is -0.120. The average molecular weight is 279 g/mol. The van der Waals surface area contributed by atoms with Crippen molar-refractivity contribution < 1.29 is 0 Å². The molecule has 0 aromatic heterocycles. The van der Waals surface area contributed by atoms with Crippen LogP contribution in [-0.2, 0) is 0 Å². The molecule has 0 aromatic carbocycles. The van der Waals surface area contributed by atoms with Gasteiger partial charge in [0.05, 0.1) is 0 Å². The Morgan fingerprint density at radius 2 is 1.90 bits per heavy atom. The Balaban J connectivity index is 1.72. The van der Waals surface area contributed by atoms with E-state index in [0.29, 0.717) is 11.6 Å². The summed E-state index contributed by atoms with van der Waals surface area (Å²) in [7, 11) is 0. The predicted molar refractivity (Wildman–Crippen MR) is 84.8 cm³/mol. The van der Waals surface area contributed by atoms with Crippen LogP contribution in [0.5, 0.6) is 0 Å². The fourth-order valence-electron chi connectivity index (χ4n) is 5.08. The van der Waals surface area contributed by atoms with Gasteiger partial charge in [-0.3, -0.25) is 9.80 Å². The zero-order valence-electron chi connectivity index (χ0n) is 13.5. The predicted octanol–water partition coefficient (Wildman–Crippen LogP) is 2.45. The summed E-state index contributed by atoms with van der Waals surface area (Å²) < 4.78 is 0. The molecule has 3 fully saturated rings. The van der Waals surface area contributed by atoms with Gasteiger partial charge >= 0.3 is 0 Å². The van der Waals surface area contributed by atoms with Gasteiger partial charge in [-0.2, -0.15) is 0 Å². The average Bonchev–Trinajstić information content (AvgIpc) is 2.93. The van der Waals surface area contributed by atoms with Gasteiger partial charge in [-0.15, -0.1) is 0 Å². The topological polar surface area (TPSA) is 32.5 Å². The maximum Gasteiger partial charge on any atom is 0.0335 e. The molecular weight excluding hydrogens is 246 g/mol. The van der Waals surface area contributed by atoms with Crippen molar-refractivity contribution in [2.45, 2.75) is 76.4 Å². The molecule has 2 N–H and O–H groups in total. The van der Waals surface area contributed by atoms with E-state index in [1.165, 1.54) is 64.6 Å². The lowest BCUT2D eigenvalue weighted by Gasteiger charge is -2.54. The zero-order valence-corrected chi connectivity index (χ0v) is 13.5. The Bertz CT molecular complexity index is 322. The molecule has 3 rings (SSSR count). The van der Waals surface area contributed by atoms with Gasteiger partial charge in [0.1, 0.15) is 0 Å². The molecule has 0 radical (unpaired) electrons. The quantitative estimate of drug-likeness (QED) is 0.861. The van der Waals surface area contributed by atoms with Crippen molar-refractivity contribution in [1.29, 1.82) is 0 Å². The third-order valence-corrected chi connectivity index (χ3v) is 6.54. The second-order valence-corrected chi connectivity index (χ2v) is 7.57. The summed E-state index contributed by atoms with van der Waals surface area (Å²) in [4.78, 5) is 5.55. The number of rotatable bonds is 3. The second kappa shape index (κ2) is 5.94. The smallest absolute Gasteiger partial charge is 0.0335 e. The number of fused-ring (bicyclic) bond motifs is 1. The van der Waals surface area contributed by atoms with Crippen molar-refractivity contribution >= 4 is 0 Å². The standard InChI is InChI=1S/C17H33N3/c1-3-15-6-8-17(13-18,9-7-15)20-12-16-5-4-10-19(16)11-14(20)2/h14-16H,3-13,18H2,1-2H3. The van der Waals surface area contributed by atoms with Crippen molar-refractivity contribution in [2.24, 2.45) is 11.7 Å². The highest BCUT2D eigenvalue weighted by Gasteiger charge is 2.45. The van der Waals surface area contributed by atoms with Crippen molar-refractivity contribution in [3.05, 3.63) is 0 Å². The highest BCUT2D eigenvalue weighted by Crippen LogP contribution is 2.40. The van der Waals surface area contributed by atoms with E-state index in [1.54, 1.807) is 0 Å². The third-order valence-electron chi connectivity index (χ3n) is 6.54. The van der Waals surface area contributed by atoms with E-state index >= 15 is 0 Å². The lowest BCUT2D eigenvalue weighted by atomic mass is 9.73. The van der Waals surface area contributed by atoms with Gasteiger partial charge in [0.2, 0.25) is 0 Å². The summed E-state index contributed by atoms with van der Waals surface area (Å²) in [5.41, 5.74) is 6.62. The highest BCUT2D eigenvalue weighted by atomic mass is 15.3. The van der Waals surface area contributed by atoms with Crippen molar-refractivity contribution in [2.75, 3.05) is 26.2 Å². The number of piperazine rings is 1. The van der Waals surface area contributed by atoms with E-state index < -0.39 is 0 Å². The van der Waals surface area contributed by atoms with Crippen LogP contribution in [0, 0.1) is 5.92 Å². The number of hydrogen-bond donors (Lipinski definition) is 1. The second-order valence-electron chi connectivity index (χ2n) is 7.57. The first-order valence-electron chi connectivity index (χ1n) is 8.89. The van der Waals surface area contributed by atoms with Crippen LogP contribution in [0.2, 0.25) is 0 Å². The van der Waals surface area contributed by atoms with Gasteiger partial charge in [-0.25, -0.2) is 0 Å². The van der Waals surface area contributed by atoms with Gasteiger partial charge < -0.3 is 5.73 Å². The first-order valence-corrected chi connectivity index (χ1v) is 8.89. The molecule has 0 bridgehead atoms. The maximum atomic E-state index is 6.30. The molecule has 0 amide bonds. The number of nitrogens with zero attached hydrogens (tertiary/aromatic N) is 2. The van der Waals surface area contributed by atoms with Crippen molar-refractivity contribution in [3.8, 4) is 0 Å². The van der Waals surface area contributed by atoms with Crippen LogP contribution >= 0.6 is 0 Å². The van der Waals surface area contributed by atoms with Gasteiger partial charge in [0, 0.05) is 37.3 Å². The highest BCUT2D eigenvalue weighted by molar-refractivity contribution is 5.02. The molecule has 2 saturated heterocycles. The molecule has 116 valence electrons. The van der Waals surface area contributed by atoms with Gasteiger partial charge in [0.25, 0.3) is 0 Å². The van der Waals surface area contributed by atoms with Crippen LogP contribution in [0.25, 0.3) is 0 Å². The summed E-state index contributed by atoms with van der Waals surface area (Å²) in [6.45, 7) is 9.51. The van der Waals surface area contributed by atoms with Crippen LogP contribution in [0.1, 0.15) is 58.8 Å². The first kappa shape index (κ1) is 14.8. The molecule has 3 nitrogen and oxygen atoms in total. The van der Waals surface area contributed by atoms with Gasteiger partial charge in [-0.1, -0.05) is 13.3 Å². The van der Waals surface area contributed by atoms with Crippen LogP contribution < -0.4 is 5.73 Å². The minimum atomic E-state index is 0.319. The molecule has 3 heteroatoms. The number of nitrogens with two attached hydrogens (primary N) is 1. The minimum Gasteiger partial charge on any atom is -0.329 e. The molecule has 20 heavy (non-hydrogen) atoms. The van der Waals surface area contributed by atoms with Crippen molar-refractivity contribution in [3.63, 3.8) is 0 Å². The Morgan fingerprint density at radius 1 is 1.15 bits per heavy atom. The molecule has 2 aliphatic heterocycles. The van der Waals surface area contributed by atoms with E-state index in [0.717, 1.165) is 18.5 Å². The SMILES string of the molecule is CCC1CCC(CN)(N2CC3CCCN3CC2C)CC1. The van der Waals surface area contributed by atoms with Crippen LogP contribution in [-0.4, -0.2) is 53.6 Å². The van der Waals surface area contributed by atoms with E-state index in [2.05, 4.69) is 23.6 Å². The van der Waals surface area contributed by atoms with Crippen LogP contribution in [0.4, 0.5) is 0 Å². The normalized spacial score (nSPS) is 43.6. The lowest BCUT2D eigenvalue weighted by molar-refractivity contribution is -0.0438. The molecule has 0 aromatic rings. The van der Waals surface area contributed by atoms with E-state index in [9.17, 15) is 0 Å². The molecule has 2 heterocycles. The molecular formula is C17H33N3. The fourth-order valence-corrected chi connectivity index (χ4v) is 5.08. The van der Waals surface area contributed by atoms with E-state index in [1.807, 2.05) is 0 Å². The molecule has 3 aliphatic rings. The fraction of sp³-hybridized carbons (Fsp3) is 1.00. The van der Waals surface area contributed by atoms with Crippen LogP contribution in [0.3, 0.4) is 0 Å². The third kappa shape index (κ3) is 2.53. The van der Waals surface area contributed by atoms with E-state index in [-0.39, 0.29) is 0 Å². The first-order chi connectivity index (χ1) is 9.68. The molecule has 1 saturated carbocycles. The summed E-state index contributed by atoms with van der Waals surface area (Å²) >= 11 is 0. The van der Waals surface area contributed by atoms with E-state index in [4.69, 9.17) is 5.73 Å². The monoisotopic (exact) mass is 279 g/mol. The van der Waals surface area contributed by atoms with Crippen LogP contribution in [0.15, 0.2) is 0 Å². The Kier molecular flexibility index (Phi) is 4.40. The number of hydrogen-bond acceptors (Lipinski definition) is 3. The Morgan fingerprint density at radius 3 is 2.55 bits per heavy atom. The molecule has 2 unspecified atom stereocenters. The minimum absolute atomic E-state index is 0.319. The lowest BCUT2D eigenvalue weighted by Crippen LogP contribution is -2.66. The van der Waals surface area contributed by atoms with Crippen molar-refractivity contribution in [1.82, 2.24) is 9.80 Å². The summed E-state index contributed by atoms with van der Waals surface area (Å²) in [5, 5.41) is 0. The molecule has 2 atom stereocenters. The summed E-state index contributed by atoms with van der Waals surface area (Å²) in [5.74, 6) is 0.956. The summed E-state index contributed by atoms with van der Waals surface area (Å²) in [6.07, 6.45) is 9.61. The largest absolute Gasteiger partial charge is 0.329 e. The molecule has 0 spiro atoms. The molecule has 1 aliphatic carbocycles. The summed E-state index contributed by atoms with van der Waals surface area (Å²) in [6, 6.07) is 1.50.